The summed E-state index contributed by atoms with van der Waals surface area (Å²) in [7, 11) is 2.97. The van der Waals surface area contributed by atoms with Gasteiger partial charge in [-0.15, -0.1) is 0 Å². The average molecular weight is 373 g/mol. The third-order valence-electron chi connectivity index (χ3n) is 5.23. The highest BCUT2D eigenvalue weighted by Gasteiger charge is 2.16. The first kappa shape index (κ1) is 19.3. The molecule has 0 aromatic carbocycles. The first-order valence-electron chi connectivity index (χ1n) is 9.45. The van der Waals surface area contributed by atoms with Gasteiger partial charge < -0.3 is 10.2 Å². The van der Waals surface area contributed by atoms with Gasteiger partial charge in [0.1, 0.15) is 5.65 Å². The minimum absolute atomic E-state index is 0.257. The van der Waals surface area contributed by atoms with Crippen molar-refractivity contribution in [1.82, 2.24) is 24.3 Å². The minimum atomic E-state index is -0.450. The van der Waals surface area contributed by atoms with E-state index in [2.05, 4.69) is 22.1 Å². The highest BCUT2D eigenvalue weighted by molar-refractivity contribution is 5.96. The number of pyridine rings is 1. The summed E-state index contributed by atoms with van der Waals surface area (Å²) in [6, 6.07) is 1.51. The highest BCUT2D eigenvalue weighted by Crippen LogP contribution is 2.15. The molecule has 1 fully saturated rings. The number of piperidine rings is 1. The number of amides is 1. The molecule has 1 N–H and O–H groups in total. The predicted octanol–water partition coefficient (Wildman–Crippen LogP) is 0.484. The highest BCUT2D eigenvalue weighted by atomic mass is 16.2. The number of likely N-dealkylation sites (tertiary alicyclic amines) is 1. The predicted molar refractivity (Wildman–Crippen MR) is 104 cm³/mol. The van der Waals surface area contributed by atoms with Crippen LogP contribution in [0.2, 0.25) is 0 Å². The molecule has 0 saturated carbocycles. The van der Waals surface area contributed by atoms with Crippen molar-refractivity contribution in [3.63, 3.8) is 0 Å². The molecule has 2 aromatic rings. The Balaban J connectivity index is 1.64. The smallest absolute Gasteiger partial charge is 0.332 e. The molecule has 146 valence electrons. The maximum Gasteiger partial charge on any atom is 0.332 e. The molecule has 2 aromatic heterocycles. The Bertz CT molecular complexity index is 962. The van der Waals surface area contributed by atoms with Gasteiger partial charge in [-0.05, 0) is 44.3 Å². The number of aromatic nitrogens is 3. The van der Waals surface area contributed by atoms with E-state index in [-0.39, 0.29) is 16.9 Å². The van der Waals surface area contributed by atoms with Gasteiger partial charge in [0.05, 0.1) is 10.9 Å². The van der Waals surface area contributed by atoms with Crippen molar-refractivity contribution in [3.05, 3.63) is 38.7 Å². The van der Waals surface area contributed by atoms with Crippen molar-refractivity contribution >= 4 is 16.9 Å². The number of hydrogen-bond acceptors (Lipinski definition) is 5. The number of aryl methyl sites for hydroxylation is 1. The molecule has 0 aliphatic carbocycles. The van der Waals surface area contributed by atoms with Gasteiger partial charge in [-0.25, -0.2) is 9.78 Å². The van der Waals surface area contributed by atoms with Gasteiger partial charge in [-0.2, -0.15) is 0 Å². The summed E-state index contributed by atoms with van der Waals surface area (Å²) in [6.45, 7) is 6.09. The van der Waals surface area contributed by atoms with Crippen LogP contribution in [0, 0.1) is 5.92 Å². The summed E-state index contributed by atoms with van der Waals surface area (Å²) >= 11 is 0. The second kappa shape index (κ2) is 8.04. The monoisotopic (exact) mass is 373 g/mol. The van der Waals surface area contributed by atoms with E-state index >= 15 is 0 Å². The molecule has 0 spiro atoms. The fourth-order valence-electron chi connectivity index (χ4n) is 3.69. The lowest BCUT2D eigenvalue weighted by molar-refractivity contribution is 0.0950. The van der Waals surface area contributed by atoms with Crippen LogP contribution in [0.3, 0.4) is 0 Å². The van der Waals surface area contributed by atoms with E-state index < -0.39 is 11.2 Å². The van der Waals surface area contributed by atoms with E-state index in [1.54, 1.807) is 7.05 Å². The van der Waals surface area contributed by atoms with Gasteiger partial charge in [-0.3, -0.25) is 18.7 Å². The molecule has 8 heteroatoms. The van der Waals surface area contributed by atoms with Crippen molar-refractivity contribution < 1.29 is 4.79 Å². The maximum atomic E-state index is 12.4. The van der Waals surface area contributed by atoms with Crippen LogP contribution >= 0.6 is 0 Å². The number of nitrogens with one attached hydrogen (secondary N) is 1. The van der Waals surface area contributed by atoms with Crippen molar-refractivity contribution in [1.29, 1.82) is 0 Å². The average Bonchev–Trinajstić information content (AvgIpc) is 2.67. The molecule has 1 saturated heterocycles. The van der Waals surface area contributed by atoms with Crippen molar-refractivity contribution in [2.24, 2.45) is 20.0 Å². The summed E-state index contributed by atoms with van der Waals surface area (Å²) in [6.07, 6.45) is 4.83. The Kier molecular flexibility index (Phi) is 5.74. The zero-order chi connectivity index (χ0) is 19.6. The summed E-state index contributed by atoms with van der Waals surface area (Å²) in [5.41, 5.74) is -0.289. The van der Waals surface area contributed by atoms with Crippen molar-refractivity contribution in [2.45, 2.75) is 26.2 Å². The molecule has 8 nitrogen and oxygen atoms in total. The summed E-state index contributed by atoms with van der Waals surface area (Å²) < 4.78 is 2.32. The summed E-state index contributed by atoms with van der Waals surface area (Å²) in [5, 5.41) is 3.15. The van der Waals surface area contributed by atoms with Crippen molar-refractivity contribution in [2.75, 3.05) is 26.2 Å². The number of nitrogens with zero attached hydrogens (tertiary/aromatic N) is 4. The van der Waals surface area contributed by atoms with E-state index in [1.165, 1.54) is 36.7 Å². The molecule has 1 amide bonds. The molecule has 1 aliphatic rings. The molecule has 3 heterocycles. The molecule has 27 heavy (non-hydrogen) atoms. The van der Waals surface area contributed by atoms with Crippen LogP contribution in [0.15, 0.2) is 21.9 Å². The van der Waals surface area contributed by atoms with Crippen molar-refractivity contribution in [3.8, 4) is 0 Å². The molecular formula is C19H27N5O3. The van der Waals surface area contributed by atoms with E-state index in [9.17, 15) is 14.4 Å². The largest absolute Gasteiger partial charge is 0.352 e. The van der Waals surface area contributed by atoms with Crippen LogP contribution in [0.25, 0.3) is 11.0 Å². The Morgan fingerprint density at radius 1 is 1.30 bits per heavy atom. The standard InChI is InChI=1S/C19H27N5O3/c1-13-6-4-8-24(12-13)9-5-7-20-17(25)14-10-15-16(21-11-14)22(2)19(27)23(3)18(15)26/h10-11,13H,4-9,12H2,1-3H3,(H,20,25). The molecule has 0 bridgehead atoms. The fourth-order valence-corrected chi connectivity index (χ4v) is 3.69. The number of carbonyl (C=O) groups is 1. The molecule has 1 aliphatic heterocycles. The Morgan fingerprint density at radius 3 is 2.81 bits per heavy atom. The quantitative estimate of drug-likeness (QED) is 0.771. The van der Waals surface area contributed by atoms with Gasteiger partial charge in [0.2, 0.25) is 0 Å². The second-order valence-electron chi connectivity index (χ2n) is 7.46. The molecular weight excluding hydrogens is 346 g/mol. The van der Waals surface area contributed by atoms with Crippen LogP contribution in [-0.4, -0.2) is 51.1 Å². The van der Waals surface area contributed by atoms with E-state index in [0.717, 1.165) is 36.5 Å². The topological polar surface area (TPSA) is 89.2 Å². The minimum Gasteiger partial charge on any atom is -0.352 e. The number of hydrogen-bond donors (Lipinski definition) is 1. The second-order valence-corrected chi connectivity index (χ2v) is 7.46. The molecule has 3 rings (SSSR count). The number of carbonyl (C=O) groups excluding carboxylic acids is 1. The third kappa shape index (κ3) is 4.10. The number of rotatable bonds is 5. The molecule has 1 atom stereocenters. The lowest BCUT2D eigenvalue weighted by Gasteiger charge is -2.30. The first-order valence-corrected chi connectivity index (χ1v) is 9.45. The SMILES string of the molecule is CC1CCCN(CCCNC(=O)c2cnc3c(c2)c(=O)n(C)c(=O)n3C)C1. The van der Waals surface area contributed by atoms with Gasteiger partial charge in [0.15, 0.2) is 0 Å². The Labute approximate surface area is 157 Å². The normalized spacial score (nSPS) is 18.0. The van der Waals surface area contributed by atoms with Crippen LogP contribution in [-0.2, 0) is 14.1 Å². The van der Waals surface area contributed by atoms with Gasteiger partial charge in [0, 0.05) is 33.4 Å². The lowest BCUT2D eigenvalue weighted by atomic mass is 10.0. The Hall–Kier alpha value is -2.48. The van der Waals surface area contributed by atoms with Crippen LogP contribution in [0.4, 0.5) is 0 Å². The van der Waals surface area contributed by atoms with E-state index in [4.69, 9.17) is 0 Å². The molecule has 1 unspecified atom stereocenters. The van der Waals surface area contributed by atoms with Crippen LogP contribution < -0.4 is 16.6 Å². The van der Waals surface area contributed by atoms with Gasteiger partial charge >= 0.3 is 5.69 Å². The maximum absolute atomic E-state index is 12.4. The fraction of sp³-hybridized carbons (Fsp3) is 0.579. The van der Waals surface area contributed by atoms with Crippen LogP contribution in [0.1, 0.15) is 36.5 Å². The zero-order valence-corrected chi connectivity index (χ0v) is 16.2. The van der Waals surface area contributed by atoms with E-state index in [1.807, 2.05) is 0 Å². The first-order chi connectivity index (χ1) is 12.9. The van der Waals surface area contributed by atoms with E-state index in [0.29, 0.717) is 12.1 Å². The zero-order valence-electron chi connectivity index (χ0n) is 16.2. The number of fused-ring (bicyclic) bond motifs is 1. The third-order valence-corrected chi connectivity index (χ3v) is 5.23. The van der Waals surface area contributed by atoms with Gasteiger partial charge in [-0.1, -0.05) is 6.92 Å². The Morgan fingerprint density at radius 2 is 2.07 bits per heavy atom. The van der Waals surface area contributed by atoms with Crippen LogP contribution in [0.5, 0.6) is 0 Å². The summed E-state index contributed by atoms with van der Waals surface area (Å²) in [5.74, 6) is 0.489. The van der Waals surface area contributed by atoms with Gasteiger partial charge in [0.25, 0.3) is 11.5 Å². The summed E-state index contributed by atoms with van der Waals surface area (Å²) in [4.78, 5) is 43.3. The lowest BCUT2D eigenvalue weighted by Crippen LogP contribution is -2.37. The molecule has 0 radical (unpaired) electrons.